The zero-order valence-corrected chi connectivity index (χ0v) is 10.4. The van der Waals surface area contributed by atoms with Gasteiger partial charge in [-0.1, -0.05) is 20.8 Å². The number of rotatable bonds is 2. The SMILES string of the molecule is CC(C)(C)c1cc(C(F)(F)F)nn1CC(=O)Cl. The molecule has 0 spiro atoms. The molecule has 0 saturated carbocycles. The molecule has 0 saturated heterocycles. The minimum atomic E-state index is -4.53. The quantitative estimate of drug-likeness (QED) is 0.773. The molecule has 17 heavy (non-hydrogen) atoms. The van der Waals surface area contributed by atoms with Gasteiger partial charge in [0.05, 0.1) is 0 Å². The Hall–Kier alpha value is -1.04. The van der Waals surface area contributed by atoms with Crippen LogP contribution < -0.4 is 0 Å². The zero-order valence-electron chi connectivity index (χ0n) is 9.60. The van der Waals surface area contributed by atoms with Crippen molar-refractivity contribution < 1.29 is 18.0 Å². The van der Waals surface area contributed by atoms with E-state index in [1.165, 1.54) is 0 Å². The van der Waals surface area contributed by atoms with E-state index in [0.29, 0.717) is 5.69 Å². The summed E-state index contributed by atoms with van der Waals surface area (Å²) >= 11 is 5.18. The van der Waals surface area contributed by atoms with Crippen molar-refractivity contribution in [3.63, 3.8) is 0 Å². The maximum Gasteiger partial charge on any atom is 0.435 e. The second kappa shape index (κ2) is 4.33. The predicted molar refractivity (Wildman–Crippen MR) is 56.8 cm³/mol. The van der Waals surface area contributed by atoms with E-state index < -0.39 is 22.5 Å². The average molecular weight is 269 g/mol. The van der Waals surface area contributed by atoms with Crippen molar-refractivity contribution in [1.82, 2.24) is 9.78 Å². The fourth-order valence-corrected chi connectivity index (χ4v) is 1.51. The van der Waals surface area contributed by atoms with Gasteiger partial charge >= 0.3 is 6.18 Å². The highest BCUT2D eigenvalue weighted by Crippen LogP contribution is 2.32. The van der Waals surface area contributed by atoms with Crippen molar-refractivity contribution in [2.45, 2.75) is 38.9 Å². The highest BCUT2D eigenvalue weighted by molar-refractivity contribution is 6.63. The second-order valence-corrected chi connectivity index (χ2v) is 5.10. The van der Waals surface area contributed by atoms with Gasteiger partial charge in [-0.2, -0.15) is 18.3 Å². The lowest BCUT2D eigenvalue weighted by Gasteiger charge is -2.19. The smallest absolute Gasteiger partial charge is 0.279 e. The fourth-order valence-electron chi connectivity index (χ4n) is 1.40. The van der Waals surface area contributed by atoms with Gasteiger partial charge in [-0.3, -0.25) is 9.48 Å². The van der Waals surface area contributed by atoms with Gasteiger partial charge in [0.2, 0.25) is 5.24 Å². The molecule has 1 heterocycles. The number of halogens is 4. The van der Waals surface area contributed by atoms with Gasteiger partial charge in [-0.15, -0.1) is 0 Å². The molecule has 0 aliphatic carbocycles. The molecule has 0 aromatic carbocycles. The minimum Gasteiger partial charge on any atom is -0.279 e. The van der Waals surface area contributed by atoms with Gasteiger partial charge in [-0.05, 0) is 17.7 Å². The summed E-state index contributed by atoms with van der Waals surface area (Å²) in [6.45, 7) is 4.84. The molecule has 0 atom stereocenters. The Bertz CT molecular complexity index is 432. The van der Waals surface area contributed by atoms with Crippen LogP contribution in [0.3, 0.4) is 0 Å². The topological polar surface area (TPSA) is 34.9 Å². The summed E-state index contributed by atoms with van der Waals surface area (Å²) in [6, 6.07) is 0.944. The van der Waals surface area contributed by atoms with Crippen LogP contribution in [0.2, 0.25) is 0 Å². The molecule has 7 heteroatoms. The van der Waals surface area contributed by atoms with Gasteiger partial charge in [0.25, 0.3) is 0 Å². The van der Waals surface area contributed by atoms with Crippen molar-refractivity contribution in [2.75, 3.05) is 0 Å². The van der Waals surface area contributed by atoms with E-state index in [9.17, 15) is 18.0 Å². The summed E-state index contributed by atoms with van der Waals surface area (Å²) in [6.07, 6.45) is -4.53. The normalized spacial score (nSPS) is 12.9. The van der Waals surface area contributed by atoms with Crippen molar-refractivity contribution in [3.05, 3.63) is 17.5 Å². The molecule has 3 nitrogen and oxygen atoms in total. The van der Waals surface area contributed by atoms with Gasteiger partial charge < -0.3 is 0 Å². The summed E-state index contributed by atoms with van der Waals surface area (Å²) in [7, 11) is 0. The maximum absolute atomic E-state index is 12.5. The largest absolute Gasteiger partial charge is 0.435 e. The lowest BCUT2D eigenvalue weighted by molar-refractivity contribution is -0.141. The van der Waals surface area contributed by atoms with Gasteiger partial charge in [-0.25, -0.2) is 0 Å². The Morgan fingerprint density at radius 2 is 1.94 bits per heavy atom. The van der Waals surface area contributed by atoms with Crippen molar-refractivity contribution in [2.24, 2.45) is 0 Å². The number of aromatic nitrogens is 2. The highest BCUT2D eigenvalue weighted by atomic mass is 35.5. The van der Waals surface area contributed by atoms with Crippen LogP contribution >= 0.6 is 11.6 Å². The van der Waals surface area contributed by atoms with E-state index in [1.54, 1.807) is 20.8 Å². The standard InChI is InChI=1S/C10H12ClF3N2O/c1-9(2,3)7-4-6(10(12,13)14)15-16(7)5-8(11)17/h4H,5H2,1-3H3. The molecular formula is C10H12ClF3N2O. The number of nitrogens with zero attached hydrogens (tertiary/aromatic N) is 2. The predicted octanol–water partition coefficient (Wildman–Crippen LogP) is 2.96. The summed E-state index contributed by atoms with van der Waals surface area (Å²) in [5.41, 5.74) is -1.25. The van der Waals surface area contributed by atoms with Crippen molar-refractivity contribution in [3.8, 4) is 0 Å². The number of alkyl halides is 3. The lowest BCUT2D eigenvalue weighted by Crippen LogP contribution is -2.20. The van der Waals surface area contributed by atoms with E-state index in [2.05, 4.69) is 5.10 Å². The van der Waals surface area contributed by atoms with E-state index in [4.69, 9.17) is 11.6 Å². The van der Waals surface area contributed by atoms with Crippen LogP contribution in [0.25, 0.3) is 0 Å². The van der Waals surface area contributed by atoms with Crippen LogP contribution in [0, 0.1) is 0 Å². The molecule has 96 valence electrons. The summed E-state index contributed by atoms with van der Waals surface area (Å²) < 4.78 is 38.5. The van der Waals surface area contributed by atoms with Gasteiger partial charge in [0.15, 0.2) is 5.69 Å². The van der Waals surface area contributed by atoms with E-state index >= 15 is 0 Å². The number of hydrogen-bond acceptors (Lipinski definition) is 2. The lowest BCUT2D eigenvalue weighted by atomic mass is 9.92. The van der Waals surface area contributed by atoms with Crippen LogP contribution in [0.15, 0.2) is 6.07 Å². The molecule has 1 rings (SSSR count). The molecule has 0 aliphatic heterocycles. The first-order valence-electron chi connectivity index (χ1n) is 4.85. The third kappa shape index (κ3) is 3.46. The Kier molecular flexibility index (Phi) is 3.57. The zero-order chi connectivity index (χ0) is 13.4. The van der Waals surface area contributed by atoms with Crippen molar-refractivity contribution >= 4 is 16.8 Å². The molecule has 1 aromatic heterocycles. The molecule has 0 bridgehead atoms. The van der Waals surface area contributed by atoms with Crippen LogP contribution in [-0.2, 0) is 22.9 Å². The van der Waals surface area contributed by atoms with Crippen LogP contribution in [0.1, 0.15) is 32.2 Å². The summed E-state index contributed by atoms with van der Waals surface area (Å²) in [4.78, 5) is 10.8. The second-order valence-electron chi connectivity index (χ2n) is 4.68. The fraction of sp³-hybridized carbons (Fsp3) is 0.600. The Morgan fingerprint density at radius 3 is 2.29 bits per heavy atom. The summed E-state index contributed by atoms with van der Waals surface area (Å²) in [5.74, 6) is 0. The Labute approximate surface area is 102 Å². The maximum atomic E-state index is 12.5. The van der Waals surface area contributed by atoms with Crippen molar-refractivity contribution in [1.29, 1.82) is 0 Å². The molecule has 0 fully saturated rings. The first-order chi connectivity index (χ1) is 7.51. The van der Waals surface area contributed by atoms with E-state index in [1.807, 2.05) is 0 Å². The number of carbonyl (C=O) groups is 1. The first-order valence-corrected chi connectivity index (χ1v) is 5.23. The molecular weight excluding hydrogens is 257 g/mol. The summed E-state index contributed by atoms with van der Waals surface area (Å²) in [5, 5.41) is 2.62. The number of hydrogen-bond donors (Lipinski definition) is 0. The van der Waals surface area contributed by atoms with Crippen LogP contribution in [-0.4, -0.2) is 15.0 Å². The Balaban J connectivity index is 3.27. The van der Waals surface area contributed by atoms with Gasteiger partial charge in [0.1, 0.15) is 6.54 Å². The molecule has 0 unspecified atom stereocenters. The minimum absolute atomic E-state index is 0.318. The van der Waals surface area contributed by atoms with E-state index in [-0.39, 0.29) is 6.54 Å². The molecule has 0 aliphatic rings. The molecule has 0 N–H and O–H groups in total. The van der Waals surface area contributed by atoms with E-state index in [0.717, 1.165) is 10.7 Å². The Morgan fingerprint density at radius 1 is 1.41 bits per heavy atom. The first kappa shape index (κ1) is 14.0. The monoisotopic (exact) mass is 268 g/mol. The average Bonchev–Trinajstić information content (AvgIpc) is 2.44. The molecule has 1 aromatic rings. The van der Waals surface area contributed by atoms with Crippen LogP contribution in [0.5, 0.6) is 0 Å². The third-order valence-corrected chi connectivity index (χ3v) is 2.23. The van der Waals surface area contributed by atoms with Gasteiger partial charge in [0, 0.05) is 11.1 Å². The highest BCUT2D eigenvalue weighted by Gasteiger charge is 2.36. The molecule has 0 amide bonds. The van der Waals surface area contributed by atoms with Crippen LogP contribution in [0.4, 0.5) is 13.2 Å². The number of carbonyl (C=O) groups excluding carboxylic acids is 1. The third-order valence-electron chi connectivity index (χ3n) is 2.11. The molecule has 0 radical (unpaired) electrons.